The van der Waals surface area contributed by atoms with E-state index in [1.165, 1.54) is 31.2 Å². The van der Waals surface area contributed by atoms with Gasteiger partial charge in [-0.2, -0.15) is 0 Å². The number of amides is 1. The molecule has 0 aliphatic carbocycles. The van der Waals surface area contributed by atoms with Crippen molar-refractivity contribution in [2.45, 2.75) is 39.1 Å². The molecule has 9 heteroatoms. The van der Waals surface area contributed by atoms with Gasteiger partial charge in [-0.15, -0.1) is 0 Å². The van der Waals surface area contributed by atoms with Crippen LogP contribution in [0.2, 0.25) is 5.02 Å². The average molecular weight is 397 g/mol. The second-order valence-electron chi connectivity index (χ2n) is 6.38. The Morgan fingerprint density at radius 2 is 2.00 bits per heavy atom. The molecule has 0 saturated carbocycles. The molecule has 0 bridgehead atoms. The minimum absolute atomic E-state index is 0.00733. The highest BCUT2D eigenvalue weighted by Crippen LogP contribution is 2.25. The lowest BCUT2D eigenvalue weighted by Crippen LogP contribution is -2.51. The van der Waals surface area contributed by atoms with Gasteiger partial charge in [0.25, 0.3) is 11.6 Å². The van der Waals surface area contributed by atoms with Gasteiger partial charge in [-0.3, -0.25) is 14.9 Å². The van der Waals surface area contributed by atoms with Gasteiger partial charge in [0, 0.05) is 25.2 Å². The van der Waals surface area contributed by atoms with Crippen molar-refractivity contribution < 1.29 is 24.0 Å². The fourth-order valence-electron chi connectivity index (χ4n) is 2.82. The molecular weight excluding hydrogens is 376 g/mol. The highest BCUT2D eigenvalue weighted by Gasteiger charge is 2.30. The summed E-state index contributed by atoms with van der Waals surface area (Å²) in [6.07, 6.45) is 1.37. The summed E-state index contributed by atoms with van der Waals surface area (Å²) < 4.78 is 10.7. The summed E-state index contributed by atoms with van der Waals surface area (Å²) in [5.41, 5.74) is 0.157. The van der Waals surface area contributed by atoms with Crippen molar-refractivity contribution >= 4 is 35.2 Å². The number of nitro groups is 1. The Bertz CT molecular complexity index is 756. The molecule has 1 heterocycles. The van der Waals surface area contributed by atoms with Gasteiger partial charge in [-0.25, -0.2) is 4.79 Å². The van der Waals surface area contributed by atoms with E-state index in [4.69, 9.17) is 21.1 Å². The first-order valence-electron chi connectivity index (χ1n) is 8.44. The molecule has 1 fully saturated rings. The zero-order valence-corrected chi connectivity index (χ0v) is 16.0. The first-order chi connectivity index (χ1) is 12.7. The number of carbonyl (C=O) groups excluding carboxylic acids is 2. The molecule has 0 spiro atoms. The molecule has 8 nitrogen and oxygen atoms in total. The number of esters is 1. The maximum atomic E-state index is 12.4. The third kappa shape index (κ3) is 5.77. The Hall–Kier alpha value is -2.45. The van der Waals surface area contributed by atoms with Crippen LogP contribution in [0.3, 0.4) is 0 Å². The van der Waals surface area contributed by atoms with Crippen LogP contribution in [0, 0.1) is 10.1 Å². The van der Waals surface area contributed by atoms with E-state index < -0.39 is 17.0 Å². The van der Waals surface area contributed by atoms with Crippen molar-refractivity contribution in [1.29, 1.82) is 0 Å². The van der Waals surface area contributed by atoms with Crippen LogP contribution >= 0.6 is 11.6 Å². The number of carbonyl (C=O) groups is 2. The first kappa shape index (κ1) is 20.9. The molecule has 0 radical (unpaired) electrons. The maximum Gasteiger partial charge on any atom is 0.331 e. The number of nitro benzene ring substituents is 1. The highest BCUT2D eigenvalue weighted by molar-refractivity contribution is 6.32. The predicted molar refractivity (Wildman–Crippen MR) is 99.3 cm³/mol. The topological polar surface area (TPSA) is 99.0 Å². The molecule has 2 rings (SSSR count). The third-order valence-electron chi connectivity index (χ3n) is 3.95. The average Bonchev–Trinajstić information content (AvgIpc) is 2.59. The van der Waals surface area contributed by atoms with E-state index in [0.717, 1.165) is 6.08 Å². The van der Waals surface area contributed by atoms with Crippen LogP contribution in [-0.2, 0) is 19.1 Å². The van der Waals surface area contributed by atoms with E-state index in [0.29, 0.717) is 18.7 Å². The van der Waals surface area contributed by atoms with E-state index in [-0.39, 0.29) is 28.8 Å². The molecule has 27 heavy (non-hydrogen) atoms. The van der Waals surface area contributed by atoms with Crippen LogP contribution in [0.25, 0.3) is 6.08 Å². The summed E-state index contributed by atoms with van der Waals surface area (Å²) in [5.74, 6) is -1.01. The zero-order chi connectivity index (χ0) is 20.1. The maximum absolute atomic E-state index is 12.4. The van der Waals surface area contributed by atoms with Crippen molar-refractivity contribution in [3.05, 3.63) is 45.0 Å². The molecule has 1 amide bonds. The molecule has 1 aliphatic rings. The summed E-state index contributed by atoms with van der Waals surface area (Å²) in [6, 6.07) is 4.15. The van der Waals surface area contributed by atoms with E-state index in [1.54, 1.807) is 4.90 Å². The van der Waals surface area contributed by atoms with E-state index in [2.05, 4.69) is 0 Å². The standard InChI is InChI=1S/C18H21ClN2O6/c1-11-9-20(10-12(2)26-11)18(23)13(3)27-17(22)7-5-14-4-6-15(19)16(8-14)21(24)25/h4-8,11-13H,9-10H2,1-3H3. The lowest BCUT2D eigenvalue weighted by atomic mass is 10.2. The largest absolute Gasteiger partial charge is 0.449 e. The number of halogens is 1. The number of benzene rings is 1. The van der Waals surface area contributed by atoms with Gasteiger partial charge in [0.05, 0.1) is 17.1 Å². The fraction of sp³-hybridized carbons (Fsp3) is 0.444. The third-order valence-corrected chi connectivity index (χ3v) is 4.27. The van der Waals surface area contributed by atoms with Gasteiger partial charge in [0.2, 0.25) is 0 Å². The van der Waals surface area contributed by atoms with E-state index >= 15 is 0 Å². The predicted octanol–water partition coefficient (Wildman–Crippen LogP) is 2.83. The fourth-order valence-corrected chi connectivity index (χ4v) is 3.00. The summed E-state index contributed by atoms with van der Waals surface area (Å²) in [7, 11) is 0. The Morgan fingerprint density at radius 3 is 2.59 bits per heavy atom. The van der Waals surface area contributed by atoms with Crippen molar-refractivity contribution in [3.8, 4) is 0 Å². The van der Waals surface area contributed by atoms with Crippen LogP contribution in [-0.4, -0.2) is 53.1 Å². The van der Waals surface area contributed by atoms with Crippen LogP contribution in [0.5, 0.6) is 0 Å². The lowest BCUT2D eigenvalue weighted by Gasteiger charge is -2.36. The normalized spacial score (nSPS) is 21.1. The monoisotopic (exact) mass is 396 g/mol. The number of nitrogens with zero attached hydrogens (tertiary/aromatic N) is 2. The zero-order valence-electron chi connectivity index (χ0n) is 15.3. The molecule has 1 saturated heterocycles. The Morgan fingerprint density at radius 1 is 1.37 bits per heavy atom. The minimum Gasteiger partial charge on any atom is -0.449 e. The quantitative estimate of drug-likeness (QED) is 0.328. The minimum atomic E-state index is -0.945. The highest BCUT2D eigenvalue weighted by atomic mass is 35.5. The lowest BCUT2D eigenvalue weighted by molar-refractivity contribution is -0.384. The molecule has 0 N–H and O–H groups in total. The van der Waals surface area contributed by atoms with E-state index in [9.17, 15) is 19.7 Å². The van der Waals surface area contributed by atoms with Gasteiger partial charge < -0.3 is 14.4 Å². The molecule has 146 valence electrons. The number of hydrogen-bond donors (Lipinski definition) is 0. The number of hydrogen-bond acceptors (Lipinski definition) is 6. The van der Waals surface area contributed by atoms with Gasteiger partial charge in [-0.1, -0.05) is 17.7 Å². The summed E-state index contributed by atoms with van der Waals surface area (Å²) >= 11 is 5.74. The van der Waals surface area contributed by atoms with Crippen molar-refractivity contribution in [1.82, 2.24) is 4.90 Å². The molecule has 1 aromatic carbocycles. The van der Waals surface area contributed by atoms with Crippen molar-refractivity contribution in [2.24, 2.45) is 0 Å². The summed E-state index contributed by atoms with van der Waals surface area (Å²) in [6.45, 7) is 6.14. The summed E-state index contributed by atoms with van der Waals surface area (Å²) in [5, 5.41) is 10.9. The molecular formula is C18H21ClN2O6. The number of ether oxygens (including phenoxy) is 2. The molecule has 3 atom stereocenters. The van der Waals surface area contributed by atoms with Crippen LogP contribution in [0.15, 0.2) is 24.3 Å². The van der Waals surface area contributed by atoms with Gasteiger partial charge in [0.1, 0.15) is 5.02 Å². The SMILES string of the molecule is CC1CN(C(=O)C(C)OC(=O)C=Cc2ccc(Cl)c([N+](=O)[O-])c2)CC(C)O1. The van der Waals surface area contributed by atoms with Crippen molar-refractivity contribution in [2.75, 3.05) is 13.1 Å². The van der Waals surface area contributed by atoms with Gasteiger partial charge in [0.15, 0.2) is 6.10 Å². The Kier molecular flexibility index (Phi) is 6.92. The number of morpholine rings is 1. The molecule has 1 aliphatic heterocycles. The van der Waals surface area contributed by atoms with Crippen LogP contribution in [0.1, 0.15) is 26.3 Å². The van der Waals surface area contributed by atoms with Gasteiger partial charge >= 0.3 is 5.97 Å². The van der Waals surface area contributed by atoms with Crippen molar-refractivity contribution in [3.63, 3.8) is 0 Å². The first-order valence-corrected chi connectivity index (χ1v) is 8.82. The Balaban J connectivity index is 1.96. The molecule has 3 unspecified atom stereocenters. The Labute approximate surface area is 161 Å². The second kappa shape index (κ2) is 8.96. The molecule has 1 aromatic rings. The number of rotatable bonds is 5. The molecule has 0 aromatic heterocycles. The summed E-state index contributed by atoms with van der Waals surface area (Å²) in [4.78, 5) is 36.3. The van der Waals surface area contributed by atoms with Crippen LogP contribution in [0.4, 0.5) is 5.69 Å². The van der Waals surface area contributed by atoms with Gasteiger partial charge in [-0.05, 0) is 38.5 Å². The smallest absolute Gasteiger partial charge is 0.331 e. The van der Waals surface area contributed by atoms with E-state index in [1.807, 2.05) is 13.8 Å². The second-order valence-corrected chi connectivity index (χ2v) is 6.79. The van der Waals surface area contributed by atoms with Crippen LogP contribution < -0.4 is 0 Å².